The summed E-state index contributed by atoms with van der Waals surface area (Å²) in [6.07, 6.45) is 17.4. The minimum atomic E-state index is -0.0351. The Labute approximate surface area is 153 Å². The number of hydrogen-bond acceptors (Lipinski definition) is 3. The minimum Gasteiger partial charge on any atom is -0.303 e. The van der Waals surface area contributed by atoms with Gasteiger partial charge >= 0.3 is 0 Å². The SMILES string of the molecule is O=CC1CCC(P(C2CCC(C=O)CC2)C2CCC(C=O)CC2)CC1. The number of carbonyl (C=O) groups is 3. The lowest BCUT2D eigenvalue weighted by Crippen LogP contribution is -2.32. The Hall–Kier alpha value is -0.560. The molecule has 140 valence electrons. The zero-order chi connectivity index (χ0) is 17.6. The van der Waals surface area contributed by atoms with Crippen molar-refractivity contribution in [3.8, 4) is 0 Å². The molecule has 0 atom stereocenters. The smallest absolute Gasteiger partial charge is 0.123 e. The molecule has 0 heterocycles. The van der Waals surface area contributed by atoms with Crippen LogP contribution in [0.2, 0.25) is 0 Å². The third kappa shape index (κ3) is 4.79. The molecule has 0 spiro atoms. The van der Waals surface area contributed by atoms with Gasteiger partial charge in [-0.2, -0.15) is 0 Å². The second-order valence-electron chi connectivity index (χ2n) is 8.56. The molecule has 0 amide bonds. The van der Waals surface area contributed by atoms with Gasteiger partial charge in [-0.05, 0) is 94.0 Å². The third-order valence-corrected chi connectivity index (χ3v) is 11.1. The molecule has 4 heteroatoms. The highest BCUT2D eigenvalue weighted by Crippen LogP contribution is 2.62. The van der Waals surface area contributed by atoms with E-state index in [1.807, 2.05) is 0 Å². The van der Waals surface area contributed by atoms with Gasteiger partial charge in [0.15, 0.2) is 0 Å². The van der Waals surface area contributed by atoms with E-state index in [-0.39, 0.29) is 7.92 Å². The predicted octanol–water partition coefficient (Wildman–Crippen LogP) is 4.74. The molecule has 0 aromatic carbocycles. The highest BCUT2D eigenvalue weighted by atomic mass is 31.1. The van der Waals surface area contributed by atoms with Crippen LogP contribution in [0.4, 0.5) is 0 Å². The van der Waals surface area contributed by atoms with E-state index in [4.69, 9.17) is 0 Å². The summed E-state index contributed by atoms with van der Waals surface area (Å²) in [5, 5.41) is 0. The summed E-state index contributed by atoms with van der Waals surface area (Å²) < 4.78 is 0. The Morgan fingerprint density at radius 1 is 0.440 bits per heavy atom. The molecular weight excluding hydrogens is 331 g/mol. The maximum atomic E-state index is 11.1. The first kappa shape index (κ1) is 19.2. The number of rotatable bonds is 6. The van der Waals surface area contributed by atoms with Gasteiger partial charge < -0.3 is 14.4 Å². The summed E-state index contributed by atoms with van der Waals surface area (Å²) in [7, 11) is -0.0351. The van der Waals surface area contributed by atoms with Crippen molar-refractivity contribution in [3.05, 3.63) is 0 Å². The Kier molecular flexibility index (Phi) is 7.22. The molecule has 3 aliphatic rings. The first-order chi connectivity index (χ1) is 12.2. The van der Waals surface area contributed by atoms with E-state index >= 15 is 0 Å². The van der Waals surface area contributed by atoms with Crippen LogP contribution in [0.15, 0.2) is 0 Å². The Morgan fingerprint density at radius 3 is 0.880 bits per heavy atom. The molecule has 0 N–H and O–H groups in total. The van der Waals surface area contributed by atoms with Crippen molar-refractivity contribution in [2.24, 2.45) is 17.8 Å². The van der Waals surface area contributed by atoms with Gasteiger partial charge in [0.05, 0.1) is 0 Å². The molecule has 3 nitrogen and oxygen atoms in total. The fourth-order valence-corrected chi connectivity index (χ4v) is 9.97. The summed E-state index contributed by atoms with van der Waals surface area (Å²) in [6.45, 7) is 0. The molecule has 0 saturated heterocycles. The Balaban J connectivity index is 1.67. The van der Waals surface area contributed by atoms with Crippen LogP contribution in [0.3, 0.4) is 0 Å². The zero-order valence-corrected chi connectivity index (χ0v) is 16.2. The third-order valence-electron chi connectivity index (χ3n) is 7.07. The first-order valence-corrected chi connectivity index (χ1v) is 11.9. The lowest BCUT2D eigenvalue weighted by atomic mass is 9.89. The number of aldehydes is 3. The van der Waals surface area contributed by atoms with E-state index in [1.54, 1.807) is 0 Å². The van der Waals surface area contributed by atoms with Crippen LogP contribution < -0.4 is 0 Å². The van der Waals surface area contributed by atoms with E-state index in [0.29, 0.717) is 17.8 Å². The van der Waals surface area contributed by atoms with E-state index in [9.17, 15) is 14.4 Å². The lowest BCUT2D eigenvalue weighted by Gasteiger charge is -2.46. The monoisotopic (exact) mass is 364 g/mol. The van der Waals surface area contributed by atoms with E-state index in [2.05, 4.69) is 0 Å². The Morgan fingerprint density at radius 2 is 0.680 bits per heavy atom. The molecule has 0 aliphatic heterocycles. The molecule has 3 aliphatic carbocycles. The Bertz CT molecular complexity index is 375. The fourth-order valence-electron chi connectivity index (χ4n) is 5.50. The van der Waals surface area contributed by atoms with Crippen LogP contribution in [-0.2, 0) is 14.4 Å². The van der Waals surface area contributed by atoms with E-state index in [1.165, 1.54) is 57.4 Å². The first-order valence-electron chi connectivity index (χ1n) is 10.4. The lowest BCUT2D eigenvalue weighted by molar-refractivity contribution is -0.112. The average molecular weight is 364 g/mol. The van der Waals surface area contributed by atoms with E-state index < -0.39 is 0 Å². The largest absolute Gasteiger partial charge is 0.303 e. The molecular formula is C21H33O3P. The number of hydrogen-bond donors (Lipinski definition) is 0. The second kappa shape index (κ2) is 9.40. The molecule has 3 saturated carbocycles. The van der Waals surface area contributed by atoms with Crippen LogP contribution in [0.1, 0.15) is 77.0 Å². The van der Waals surface area contributed by atoms with Crippen molar-refractivity contribution in [2.45, 2.75) is 94.0 Å². The highest BCUT2D eigenvalue weighted by molar-refractivity contribution is 7.60. The summed E-state index contributed by atoms with van der Waals surface area (Å²) in [5.41, 5.74) is 2.46. The van der Waals surface area contributed by atoms with Gasteiger partial charge in [0, 0.05) is 17.8 Å². The van der Waals surface area contributed by atoms with Crippen LogP contribution >= 0.6 is 7.92 Å². The van der Waals surface area contributed by atoms with Crippen LogP contribution in [0.5, 0.6) is 0 Å². The maximum absolute atomic E-state index is 11.1. The summed E-state index contributed by atoms with van der Waals surface area (Å²) in [4.78, 5) is 33.4. The van der Waals surface area contributed by atoms with Crippen molar-refractivity contribution >= 4 is 26.8 Å². The quantitative estimate of drug-likeness (QED) is 0.505. The second-order valence-corrected chi connectivity index (χ2v) is 11.6. The molecule has 0 aromatic rings. The fraction of sp³-hybridized carbons (Fsp3) is 0.857. The predicted molar refractivity (Wildman–Crippen MR) is 102 cm³/mol. The molecule has 25 heavy (non-hydrogen) atoms. The van der Waals surface area contributed by atoms with Gasteiger partial charge in [-0.3, -0.25) is 0 Å². The van der Waals surface area contributed by atoms with Crippen molar-refractivity contribution in [2.75, 3.05) is 0 Å². The van der Waals surface area contributed by atoms with Crippen molar-refractivity contribution in [1.29, 1.82) is 0 Å². The summed E-state index contributed by atoms with van der Waals surface area (Å²) in [5.74, 6) is 0.888. The van der Waals surface area contributed by atoms with Crippen LogP contribution in [0, 0.1) is 17.8 Å². The topological polar surface area (TPSA) is 51.2 Å². The molecule has 0 bridgehead atoms. The van der Waals surface area contributed by atoms with E-state index in [0.717, 1.165) is 55.5 Å². The maximum Gasteiger partial charge on any atom is 0.123 e. The van der Waals surface area contributed by atoms with Crippen LogP contribution in [0.25, 0.3) is 0 Å². The molecule has 0 unspecified atom stereocenters. The van der Waals surface area contributed by atoms with Gasteiger partial charge in [-0.1, -0.05) is 7.92 Å². The van der Waals surface area contributed by atoms with Gasteiger partial charge in [0.25, 0.3) is 0 Å². The molecule has 0 aromatic heterocycles. The van der Waals surface area contributed by atoms with Gasteiger partial charge in [-0.15, -0.1) is 0 Å². The van der Waals surface area contributed by atoms with Crippen molar-refractivity contribution in [1.82, 2.24) is 0 Å². The molecule has 0 radical (unpaired) electrons. The van der Waals surface area contributed by atoms with Crippen molar-refractivity contribution in [3.63, 3.8) is 0 Å². The van der Waals surface area contributed by atoms with Crippen LogP contribution in [-0.4, -0.2) is 35.8 Å². The molecule has 3 rings (SSSR count). The number of carbonyl (C=O) groups excluding carboxylic acids is 3. The summed E-state index contributed by atoms with van der Waals surface area (Å²) in [6, 6.07) is 0. The molecule has 3 fully saturated rings. The average Bonchev–Trinajstić information content (AvgIpc) is 2.70. The van der Waals surface area contributed by atoms with Gasteiger partial charge in [-0.25, -0.2) is 0 Å². The van der Waals surface area contributed by atoms with Gasteiger partial charge in [0.1, 0.15) is 18.9 Å². The highest BCUT2D eigenvalue weighted by Gasteiger charge is 2.39. The standard InChI is InChI=1S/C21H33O3P/c22-13-16-1-7-19(8-2-16)25(20-9-3-17(14-23)4-10-20)21-11-5-18(15-24)6-12-21/h13-21H,1-12H2. The zero-order valence-electron chi connectivity index (χ0n) is 15.4. The van der Waals surface area contributed by atoms with Crippen molar-refractivity contribution < 1.29 is 14.4 Å². The minimum absolute atomic E-state index is 0.0351. The normalized spacial score (nSPS) is 40.8. The van der Waals surface area contributed by atoms with Gasteiger partial charge in [0.2, 0.25) is 0 Å². The summed E-state index contributed by atoms with van der Waals surface area (Å²) >= 11 is 0.